The van der Waals surface area contributed by atoms with Crippen LogP contribution in [0.4, 0.5) is 0 Å². The van der Waals surface area contributed by atoms with Gasteiger partial charge in [0.2, 0.25) is 10.0 Å². The van der Waals surface area contributed by atoms with Gasteiger partial charge in [-0.15, -0.1) is 0 Å². The summed E-state index contributed by atoms with van der Waals surface area (Å²) >= 11 is 0. The molecule has 1 amide bonds. The zero-order chi connectivity index (χ0) is 19.9. The van der Waals surface area contributed by atoms with Gasteiger partial charge in [-0.05, 0) is 43.0 Å². The molecular weight excluding hydrogens is 372 g/mol. The highest BCUT2D eigenvalue weighted by atomic mass is 32.2. The number of nitrogens with zero attached hydrogens (tertiary/aromatic N) is 1. The van der Waals surface area contributed by atoms with Gasteiger partial charge >= 0.3 is 5.97 Å². The first-order valence-electron chi connectivity index (χ1n) is 8.87. The normalized spacial score (nSPS) is 16.1. The Hall–Kier alpha value is -1.97. The van der Waals surface area contributed by atoms with E-state index in [2.05, 4.69) is 12.2 Å². The number of carbonyl (C=O) groups excluding carboxylic acids is 2. The SMILES string of the molecule is COCCNC(=O)COC(=O)c1ccc(S(=O)(=O)N2CCC(C)CC2)cc1. The Bertz CT molecular complexity index is 740. The van der Waals surface area contributed by atoms with Crippen molar-refractivity contribution in [3.63, 3.8) is 0 Å². The zero-order valence-corrected chi connectivity index (χ0v) is 16.5. The number of piperidine rings is 1. The van der Waals surface area contributed by atoms with Crippen LogP contribution in [-0.4, -0.2) is 64.6 Å². The predicted octanol–water partition coefficient (Wildman–Crippen LogP) is 1.03. The Kier molecular flexibility index (Phi) is 7.76. The Morgan fingerprint density at radius 3 is 2.41 bits per heavy atom. The van der Waals surface area contributed by atoms with Crippen LogP contribution in [0, 0.1) is 5.92 Å². The summed E-state index contributed by atoms with van der Waals surface area (Å²) in [5, 5.41) is 2.53. The molecule has 150 valence electrons. The standard InChI is InChI=1S/C18H26N2O6S/c1-14-7-10-20(11-8-14)27(23,24)16-5-3-15(4-6-16)18(22)26-13-17(21)19-9-12-25-2/h3-6,14H,7-13H2,1-2H3,(H,19,21). The molecule has 1 N–H and O–H groups in total. The van der Waals surface area contributed by atoms with E-state index >= 15 is 0 Å². The fourth-order valence-electron chi connectivity index (χ4n) is 2.70. The lowest BCUT2D eigenvalue weighted by Crippen LogP contribution is -2.37. The third-order valence-corrected chi connectivity index (χ3v) is 6.35. The fourth-order valence-corrected chi connectivity index (χ4v) is 4.16. The van der Waals surface area contributed by atoms with Gasteiger partial charge in [0.05, 0.1) is 17.1 Å². The second-order valence-electron chi connectivity index (χ2n) is 6.53. The van der Waals surface area contributed by atoms with E-state index in [0.29, 0.717) is 32.2 Å². The Morgan fingerprint density at radius 2 is 1.81 bits per heavy atom. The van der Waals surface area contributed by atoms with Crippen molar-refractivity contribution in [2.24, 2.45) is 5.92 Å². The summed E-state index contributed by atoms with van der Waals surface area (Å²) in [5.74, 6) is -0.591. The van der Waals surface area contributed by atoms with Crippen LogP contribution in [0.1, 0.15) is 30.1 Å². The number of rotatable bonds is 8. The molecule has 8 nitrogen and oxygen atoms in total. The van der Waals surface area contributed by atoms with Crippen molar-refractivity contribution in [3.8, 4) is 0 Å². The lowest BCUT2D eigenvalue weighted by Gasteiger charge is -2.29. The number of carbonyl (C=O) groups is 2. The smallest absolute Gasteiger partial charge is 0.338 e. The van der Waals surface area contributed by atoms with Crippen LogP contribution < -0.4 is 5.32 Å². The maximum Gasteiger partial charge on any atom is 0.338 e. The summed E-state index contributed by atoms with van der Waals surface area (Å²) in [6, 6.07) is 5.57. The van der Waals surface area contributed by atoms with Crippen LogP contribution in [0.25, 0.3) is 0 Å². The molecule has 9 heteroatoms. The monoisotopic (exact) mass is 398 g/mol. The summed E-state index contributed by atoms with van der Waals surface area (Å²) in [4.78, 5) is 23.6. The minimum absolute atomic E-state index is 0.144. The van der Waals surface area contributed by atoms with Gasteiger partial charge < -0.3 is 14.8 Å². The van der Waals surface area contributed by atoms with Crippen molar-refractivity contribution in [1.29, 1.82) is 0 Å². The number of sulfonamides is 1. The molecule has 0 unspecified atom stereocenters. The average Bonchev–Trinajstić information content (AvgIpc) is 2.67. The van der Waals surface area contributed by atoms with Crippen LogP contribution in [-0.2, 0) is 24.3 Å². The Labute approximate surface area is 159 Å². The first-order chi connectivity index (χ1) is 12.8. The summed E-state index contributed by atoms with van der Waals surface area (Å²) in [6.45, 7) is 3.41. The molecule has 1 fully saturated rings. The predicted molar refractivity (Wildman–Crippen MR) is 98.8 cm³/mol. The van der Waals surface area contributed by atoms with Crippen molar-refractivity contribution in [2.75, 3.05) is 40.0 Å². The van der Waals surface area contributed by atoms with Crippen LogP contribution in [0.3, 0.4) is 0 Å². The molecule has 0 aliphatic carbocycles. The number of amides is 1. The molecule has 1 heterocycles. The number of benzene rings is 1. The van der Waals surface area contributed by atoms with Crippen molar-refractivity contribution in [1.82, 2.24) is 9.62 Å². The highest BCUT2D eigenvalue weighted by molar-refractivity contribution is 7.89. The summed E-state index contributed by atoms with van der Waals surface area (Å²) in [6.07, 6.45) is 1.69. The maximum atomic E-state index is 12.7. The summed E-state index contributed by atoms with van der Waals surface area (Å²) in [7, 11) is -2.05. The molecule has 0 spiro atoms. The quantitative estimate of drug-likeness (QED) is 0.518. The molecule has 1 aliphatic heterocycles. The van der Waals surface area contributed by atoms with Crippen molar-refractivity contribution >= 4 is 21.9 Å². The Morgan fingerprint density at radius 1 is 1.19 bits per heavy atom. The van der Waals surface area contributed by atoms with E-state index in [1.165, 1.54) is 35.7 Å². The molecule has 1 aliphatic rings. The second-order valence-corrected chi connectivity index (χ2v) is 8.47. The second kappa shape index (κ2) is 9.82. The molecular formula is C18H26N2O6S. The van der Waals surface area contributed by atoms with Crippen molar-refractivity contribution in [2.45, 2.75) is 24.7 Å². The van der Waals surface area contributed by atoms with Gasteiger partial charge in [-0.3, -0.25) is 4.79 Å². The molecule has 27 heavy (non-hydrogen) atoms. The number of hydrogen-bond donors (Lipinski definition) is 1. The van der Waals surface area contributed by atoms with Crippen molar-refractivity contribution < 1.29 is 27.5 Å². The highest BCUT2D eigenvalue weighted by Crippen LogP contribution is 2.23. The fraction of sp³-hybridized carbons (Fsp3) is 0.556. The van der Waals surface area contributed by atoms with Crippen LogP contribution in [0.2, 0.25) is 0 Å². The van der Waals surface area contributed by atoms with E-state index in [1.807, 2.05) is 0 Å². The maximum absolute atomic E-state index is 12.7. The number of ether oxygens (including phenoxy) is 2. The first kappa shape index (κ1) is 21.3. The average molecular weight is 398 g/mol. The molecule has 1 aromatic rings. The summed E-state index contributed by atoms with van der Waals surface area (Å²) in [5.41, 5.74) is 0.186. The van der Waals surface area contributed by atoms with Gasteiger partial charge in [-0.25, -0.2) is 13.2 Å². The third kappa shape index (κ3) is 6.02. The lowest BCUT2D eigenvalue weighted by atomic mass is 10.0. The van der Waals surface area contributed by atoms with Crippen LogP contribution in [0.5, 0.6) is 0 Å². The van der Waals surface area contributed by atoms with Crippen LogP contribution >= 0.6 is 0 Å². The highest BCUT2D eigenvalue weighted by Gasteiger charge is 2.28. The first-order valence-corrected chi connectivity index (χ1v) is 10.3. The third-order valence-electron chi connectivity index (χ3n) is 4.43. The number of methoxy groups -OCH3 is 1. The molecule has 2 rings (SSSR count). The molecule has 0 bridgehead atoms. The minimum Gasteiger partial charge on any atom is -0.452 e. The molecule has 1 saturated heterocycles. The number of nitrogens with one attached hydrogen (secondary N) is 1. The number of hydrogen-bond acceptors (Lipinski definition) is 6. The Balaban J connectivity index is 1.92. The zero-order valence-electron chi connectivity index (χ0n) is 15.6. The molecule has 0 radical (unpaired) electrons. The molecule has 1 aromatic carbocycles. The van der Waals surface area contributed by atoms with E-state index in [-0.39, 0.29) is 10.5 Å². The van der Waals surface area contributed by atoms with Gasteiger partial charge in [0, 0.05) is 26.7 Å². The molecule has 0 atom stereocenters. The van der Waals surface area contributed by atoms with Gasteiger partial charge in [0.1, 0.15) is 0 Å². The summed E-state index contributed by atoms with van der Waals surface area (Å²) < 4.78 is 36.5. The number of esters is 1. The van der Waals surface area contributed by atoms with Gasteiger partial charge in [0.25, 0.3) is 5.91 Å². The van der Waals surface area contributed by atoms with E-state index in [9.17, 15) is 18.0 Å². The van der Waals surface area contributed by atoms with Crippen molar-refractivity contribution in [3.05, 3.63) is 29.8 Å². The molecule has 0 aromatic heterocycles. The van der Waals surface area contributed by atoms with Gasteiger partial charge in [-0.2, -0.15) is 4.31 Å². The lowest BCUT2D eigenvalue weighted by molar-refractivity contribution is -0.124. The van der Waals surface area contributed by atoms with E-state index in [1.54, 1.807) is 0 Å². The van der Waals surface area contributed by atoms with Crippen LogP contribution in [0.15, 0.2) is 29.2 Å². The largest absolute Gasteiger partial charge is 0.452 e. The van der Waals surface area contributed by atoms with Gasteiger partial charge in [-0.1, -0.05) is 6.92 Å². The topological polar surface area (TPSA) is 102 Å². The van der Waals surface area contributed by atoms with E-state index in [0.717, 1.165) is 12.8 Å². The molecule has 0 saturated carbocycles. The van der Waals surface area contributed by atoms with E-state index < -0.39 is 28.5 Å². The van der Waals surface area contributed by atoms with E-state index in [4.69, 9.17) is 9.47 Å². The van der Waals surface area contributed by atoms with Gasteiger partial charge in [0.15, 0.2) is 6.61 Å². The minimum atomic E-state index is -3.56.